The number of rotatable bonds is 5. The lowest BCUT2D eigenvalue weighted by Gasteiger charge is -2.36. The Morgan fingerprint density at radius 2 is 1.97 bits per heavy atom. The summed E-state index contributed by atoms with van der Waals surface area (Å²) in [5.41, 5.74) is 0.971. The first-order valence-corrected chi connectivity index (χ1v) is 13.3. The minimum Gasteiger partial charge on any atom is -0.367 e. The second-order valence-corrected chi connectivity index (χ2v) is 10.9. The lowest BCUT2D eigenvalue weighted by atomic mass is 9.81. The molecular formula is C23H29Cl2N7O3S2. The summed E-state index contributed by atoms with van der Waals surface area (Å²) >= 11 is 12.6. The second-order valence-electron chi connectivity index (χ2n) is 8.98. The average Bonchev–Trinajstić information content (AvgIpc) is 3.29. The van der Waals surface area contributed by atoms with Crippen LogP contribution in [0.5, 0.6) is 0 Å². The van der Waals surface area contributed by atoms with Crippen LogP contribution in [0.3, 0.4) is 0 Å². The minimum atomic E-state index is -0.518. The molecule has 3 atom stereocenters. The first-order valence-electron chi connectivity index (χ1n) is 11.7. The van der Waals surface area contributed by atoms with Crippen LogP contribution in [-0.2, 0) is 22.6 Å². The maximum atomic E-state index is 13.2. The largest absolute Gasteiger partial charge is 0.367 e. The Kier molecular flexibility index (Phi) is 10.2. The summed E-state index contributed by atoms with van der Waals surface area (Å²) in [5, 5.41) is 12.3. The van der Waals surface area contributed by atoms with Crippen molar-refractivity contribution in [3.63, 3.8) is 0 Å². The molecule has 0 saturated heterocycles. The first kappa shape index (κ1) is 29.2. The van der Waals surface area contributed by atoms with Gasteiger partial charge in [0.1, 0.15) is 5.82 Å². The van der Waals surface area contributed by atoms with Crippen molar-refractivity contribution in [3.8, 4) is 0 Å². The summed E-state index contributed by atoms with van der Waals surface area (Å²) in [6, 6.07) is 2.44. The van der Waals surface area contributed by atoms with E-state index in [1.807, 2.05) is 7.05 Å². The Labute approximate surface area is 235 Å². The monoisotopic (exact) mass is 585 g/mol. The molecule has 4 N–H and O–H groups in total. The summed E-state index contributed by atoms with van der Waals surface area (Å²) in [6.45, 7) is 1.68. The van der Waals surface area contributed by atoms with Crippen LogP contribution in [-0.4, -0.2) is 70.3 Å². The molecular weight excluding hydrogens is 557 g/mol. The number of thiazole rings is 1. The standard InChI is InChI=1S/C23H28ClN7O3S2.ClH/c1-25-19(32)12-3-5-14(28-22(35)20(33)30-18-6-4-13(24)10-26-18)16(9-12)27-21(34)23-29-15-7-8-31(2)11-17(15)36-23;/h4,6,10,12,14,16H,3,5,7-9,11H2,1-2H3,(H,25,32)(H,27,34)(H,28,35)(H,26,30,33);1H/t12-,14-,16+;/m0./s1. The predicted molar refractivity (Wildman–Crippen MR) is 149 cm³/mol. The molecule has 1 fully saturated rings. The number of hydrogen-bond donors (Lipinski definition) is 4. The van der Waals surface area contributed by atoms with Crippen molar-refractivity contribution in [1.82, 2.24) is 30.8 Å². The molecule has 0 bridgehead atoms. The van der Waals surface area contributed by atoms with E-state index in [-0.39, 0.29) is 41.2 Å². The van der Waals surface area contributed by atoms with Gasteiger partial charge >= 0.3 is 0 Å². The second kappa shape index (κ2) is 12.9. The third-order valence-corrected chi connectivity index (χ3v) is 8.00. The molecule has 3 amide bonds. The number of pyridine rings is 1. The van der Waals surface area contributed by atoms with E-state index in [2.05, 4.69) is 36.1 Å². The zero-order valence-electron chi connectivity index (χ0n) is 20.4. The average molecular weight is 587 g/mol. The Bertz CT molecular complexity index is 1160. The fourth-order valence-corrected chi connectivity index (χ4v) is 5.86. The summed E-state index contributed by atoms with van der Waals surface area (Å²) in [6.07, 6.45) is 3.81. The van der Waals surface area contributed by atoms with Gasteiger partial charge in [-0.3, -0.25) is 14.4 Å². The van der Waals surface area contributed by atoms with E-state index in [9.17, 15) is 14.4 Å². The molecule has 4 rings (SSSR count). The van der Waals surface area contributed by atoms with Crippen molar-refractivity contribution in [1.29, 1.82) is 0 Å². The number of likely N-dealkylation sites (N-methyl/N-ethyl adjacent to an activating group) is 1. The number of thiocarbonyl (C=S) groups is 1. The van der Waals surface area contributed by atoms with Gasteiger partial charge in [-0.15, -0.1) is 23.7 Å². The highest BCUT2D eigenvalue weighted by molar-refractivity contribution is 7.82. The van der Waals surface area contributed by atoms with Crippen LogP contribution in [0.25, 0.3) is 0 Å². The summed E-state index contributed by atoms with van der Waals surface area (Å²) in [7, 11) is 3.64. The summed E-state index contributed by atoms with van der Waals surface area (Å²) < 4.78 is 0. The van der Waals surface area contributed by atoms with Gasteiger partial charge in [-0.05, 0) is 38.4 Å². The molecule has 0 radical (unpaired) electrons. The van der Waals surface area contributed by atoms with Crippen molar-refractivity contribution >= 4 is 76.1 Å². The Hall–Kier alpha value is -2.38. The highest BCUT2D eigenvalue weighted by Crippen LogP contribution is 2.28. The number of halogens is 2. The van der Waals surface area contributed by atoms with Gasteiger partial charge in [0.15, 0.2) is 10.00 Å². The summed E-state index contributed by atoms with van der Waals surface area (Å²) in [5.74, 6) is -0.811. The lowest BCUT2D eigenvalue weighted by molar-refractivity contribution is -0.125. The zero-order valence-corrected chi connectivity index (χ0v) is 23.6. The number of fused-ring (bicyclic) bond motifs is 1. The minimum absolute atomic E-state index is 0. The number of amides is 3. The van der Waals surface area contributed by atoms with E-state index in [4.69, 9.17) is 23.8 Å². The van der Waals surface area contributed by atoms with E-state index in [0.29, 0.717) is 35.1 Å². The quantitative estimate of drug-likeness (QED) is 0.393. The van der Waals surface area contributed by atoms with Gasteiger partial charge in [-0.1, -0.05) is 23.8 Å². The Balaban J connectivity index is 0.00000380. The number of carbonyl (C=O) groups is 3. The van der Waals surface area contributed by atoms with Gasteiger partial charge in [0.05, 0.1) is 16.8 Å². The van der Waals surface area contributed by atoms with Crippen LogP contribution < -0.4 is 21.3 Å². The topological polar surface area (TPSA) is 128 Å². The van der Waals surface area contributed by atoms with Gasteiger partial charge < -0.3 is 26.2 Å². The van der Waals surface area contributed by atoms with Crippen LogP contribution in [0.2, 0.25) is 5.02 Å². The molecule has 1 aliphatic heterocycles. The number of nitrogens with zero attached hydrogens (tertiary/aromatic N) is 3. The molecule has 37 heavy (non-hydrogen) atoms. The fraction of sp³-hybridized carbons (Fsp3) is 0.478. The molecule has 1 aliphatic carbocycles. The highest BCUT2D eigenvalue weighted by atomic mass is 35.5. The van der Waals surface area contributed by atoms with Crippen molar-refractivity contribution in [3.05, 3.63) is 38.9 Å². The molecule has 0 unspecified atom stereocenters. The molecule has 1 saturated carbocycles. The van der Waals surface area contributed by atoms with E-state index in [0.717, 1.165) is 30.1 Å². The maximum Gasteiger partial charge on any atom is 0.284 e. The van der Waals surface area contributed by atoms with E-state index < -0.39 is 11.9 Å². The number of nitrogens with one attached hydrogen (secondary N) is 4. The molecule has 2 aliphatic rings. The predicted octanol–water partition coefficient (Wildman–Crippen LogP) is 2.17. The van der Waals surface area contributed by atoms with Crippen molar-refractivity contribution in [2.75, 3.05) is 26.0 Å². The normalized spacial score (nSPS) is 21.1. The van der Waals surface area contributed by atoms with E-state index >= 15 is 0 Å². The van der Waals surface area contributed by atoms with E-state index in [1.54, 1.807) is 19.2 Å². The number of anilines is 1. The number of carbonyl (C=O) groups excluding carboxylic acids is 3. The number of aromatic nitrogens is 2. The Morgan fingerprint density at radius 1 is 1.19 bits per heavy atom. The van der Waals surface area contributed by atoms with Crippen molar-refractivity contribution < 1.29 is 14.4 Å². The van der Waals surface area contributed by atoms with Crippen LogP contribution in [0.4, 0.5) is 5.82 Å². The molecule has 3 heterocycles. The first-order chi connectivity index (χ1) is 17.2. The molecule has 14 heteroatoms. The Morgan fingerprint density at radius 3 is 2.68 bits per heavy atom. The van der Waals surface area contributed by atoms with Crippen LogP contribution in [0, 0.1) is 5.92 Å². The molecule has 10 nitrogen and oxygen atoms in total. The van der Waals surface area contributed by atoms with Crippen LogP contribution >= 0.6 is 47.6 Å². The van der Waals surface area contributed by atoms with Gasteiger partial charge in [0.2, 0.25) is 5.91 Å². The van der Waals surface area contributed by atoms with E-state index in [1.165, 1.54) is 17.5 Å². The van der Waals surface area contributed by atoms with Gasteiger partial charge in [-0.2, -0.15) is 0 Å². The molecule has 2 aromatic rings. The van der Waals surface area contributed by atoms with Gasteiger partial charge in [0.25, 0.3) is 11.8 Å². The fourth-order valence-electron chi connectivity index (χ4n) is 4.45. The molecule has 0 spiro atoms. The van der Waals surface area contributed by atoms with Crippen LogP contribution in [0.15, 0.2) is 18.3 Å². The smallest absolute Gasteiger partial charge is 0.284 e. The van der Waals surface area contributed by atoms with Crippen LogP contribution in [0.1, 0.15) is 39.6 Å². The van der Waals surface area contributed by atoms with Gasteiger partial charge in [0, 0.05) is 49.6 Å². The third-order valence-electron chi connectivity index (χ3n) is 6.39. The third kappa shape index (κ3) is 7.35. The summed E-state index contributed by atoms with van der Waals surface area (Å²) in [4.78, 5) is 50.0. The molecule has 2 aromatic heterocycles. The number of hydrogen-bond acceptors (Lipinski definition) is 8. The molecule has 0 aromatic carbocycles. The lowest BCUT2D eigenvalue weighted by Crippen LogP contribution is -2.56. The SMILES string of the molecule is CNC(=O)[C@H]1CC[C@H](NC(=S)C(=O)Nc2ccc(Cl)cn2)[C@H](NC(=O)c2nc3c(s2)CN(C)CC3)C1.Cl. The molecule has 200 valence electrons. The maximum absolute atomic E-state index is 13.2. The highest BCUT2D eigenvalue weighted by Gasteiger charge is 2.36. The van der Waals surface area contributed by atoms with Gasteiger partial charge in [-0.25, -0.2) is 9.97 Å². The van der Waals surface area contributed by atoms with Crippen molar-refractivity contribution in [2.45, 2.75) is 44.3 Å². The van der Waals surface area contributed by atoms with Crippen molar-refractivity contribution in [2.24, 2.45) is 5.92 Å². The zero-order chi connectivity index (χ0) is 25.8.